The molecule has 0 spiro atoms. The maximum absolute atomic E-state index is 13.1. The van der Waals surface area contributed by atoms with Crippen molar-refractivity contribution in [3.05, 3.63) is 57.3 Å². The first-order valence-electron chi connectivity index (χ1n) is 8.92. The van der Waals surface area contributed by atoms with Crippen LogP contribution in [0.5, 0.6) is 0 Å². The Morgan fingerprint density at radius 3 is 2.86 bits per heavy atom. The molecule has 0 saturated carbocycles. The van der Waals surface area contributed by atoms with Gasteiger partial charge in [0.05, 0.1) is 23.4 Å². The van der Waals surface area contributed by atoms with Gasteiger partial charge in [0, 0.05) is 22.6 Å². The summed E-state index contributed by atoms with van der Waals surface area (Å²) in [6, 6.07) is 8.73. The van der Waals surface area contributed by atoms with E-state index in [1.54, 1.807) is 29.2 Å². The van der Waals surface area contributed by atoms with E-state index in [4.69, 9.17) is 32.4 Å². The molecule has 1 aliphatic heterocycles. The summed E-state index contributed by atoms with van der Waals surface area (Å²) < 4.78 is 11.3. The van der Waals surface area contributed by atoms with E-state index in [0.717, 1.165) is 25.0 Å². The molecular weight excluding hydrogens is 419 g/mol. The van der Waals surface area contributed by atoms with Crippen molar-refractivity contribution < 1.29 is 13.9 Å². The van der Waals surface area contributed by atoms with Crippen molar-refractivity contribution >= 4 is 45.6 Å². The molecule has 5 nitrogen and oxygen atoms in total. The maximum atomic E-state index is 13.1. The van der Waals surface area contributed by atoms with Crippen LogP contribution in [0.25, 0.3) is 11.3 Å². The van der Waals surface area contributed by atoms with Gasteiger partial charge in [0.25, 0.3) is 5.91 Å². The highest BCUT2D eigenvalue weighted by molar-refractivity contribution is 7.14. The Kier molecular flexibility index (Phi) is 5.73. The van der Waals surface area contributed by atoms with Crippen LogP contribution in [-0.2, 0) is 4.74 Å². The molecule has 1 amide bonds. The Bertz CT molecular complexity index is 995. The average molecular weight is 437 g/mol. The van der Waals surface area contributed by atoms with Gasteiger partial charge in [-0.25, -0.2) is 4.98 Å². The second-order valence-electron chi connectivity index (χ2n) is 6.60. The van der Waals surface area contributed by atoms with E-state index < -0.39 is 0 Å². The summed E-state index contributed by atoms with van der Waals surface area (Å²) in [5.74, 6) is 0.747. The number of furan rings is 1. The third-order valence-corrected chi connectivity index (χ3v) is 5.95. The summed E-state index contributed by atoms with van der Waals surface area (Å²) in [6.45, 7) is 2.96. The molecule has 1 atom stereocenters. The molecule has 28 heavy (non-hydrogen) atoms. The lowest BCUT2D eigenvalue weighted by Crippen LogP contribution is -2.37. The minimum absolute atomic E-state index is 0.00789. The van der Waals surface area contributed by atoms with E-state index in [-0.39, 0.29) is 17.8 Å². The lowest BCUT2D eigenvalue weighted by molar-refractivity contribution is 0.0894. The van der Waals surface area contributed by atoms with E-state index in [1.165, 1.54) is 11.3 Å². The first-order chi connectivity index (χ1) is 13.5. The standard InChI is InChI=1S/C20H18Cl2N2O3S/c1-12-4-7-18(27-12)19(25)24(10-14-3-2-8-26-14)20-23-17(11-28-20)15-6-5-13(21)9-16(15)22/h4-7,9,11,14H,2-3,8,10H2,1H3. The largest absolute Gasteiger partial charge is 0.456 e. The first-order valence-corrected chi connectivity index (χ1v) is 10.6. The number of benzene rings is 1. The summed E-state index contributed by atoms with van der Waals surface area (Å²) in [4.78, 5) is 19.4. The van der Waals surface area contributed by atoms with Crippen LogP contribution in [0.2, 0.25) is 10.0 Å². The van der Waals surface area contributed by atoms with Crippen molar-refractivity contribution in [3.63, 3.8) is 0 Å². The van der Waals surface area contributed by atoms with Crippen LogP contribution in [0.15, 0.2) is 40.1 Å². The number of nitrogens with zero attached hydrogens (tertiary/aromatic N) is 2. The van der Waals surface area contributed by atoms with Gasteiger partial charge in [-0.05, 0) is 50.1 Å². The van der Waals surface area contributed by atoms with Crippen LogP contribution in [0.1, 0.15) is 29.2 Å². The predicted molar refractivity (Wildman–Crippen MR) is 112 cm³/mol. The van der Waals surface area contributed by atoms with Crippen LogP contribution in [0.4, 0.5) is 5.13 Å². The van der Waals surface area contributed by atoms with Crippen molar-refractivity contribution in [2.24, 2.45) is 0 Å². The Morgan fingerprint density at radius 1 is 1.32 bits per heavy atom. The van der Waals surface area contributed by atoms with Gasteiger partial charge in [0.1, 0.15) is 5.76 Å². The molecule has 0 bridgehead atoms. The normalized spacial score (nSPS) is 16.5. The summed E-state index contributed by atoms with van der Waals surface area (Å²) in [6.07, 6.45) is 1.91. The zero-order valence-electron chi connectivity index (χ0n) is 15.2. The third-order valence-electron chi connectivity index (χ3n) is 4.54. The Morgan fingerprint density at radius 2 is 2.18 bits per heavy atom. The number of aryl methyl sites for hydroxylation is 1. The highest BCUT2D eigenvalue weighted by Gasteiger charge is 2.28. The van der Waals surface area contributed by atoms with Crippen LogP contribution in [0, 0.1) is 6.92 Å². The molecule has 3 aromatic rings. The van der Waals surface area contributed by atoms with E-state index in [2.05, 4.69) is 4.98 Å². The molecular formula is C20H18Cl2N2O3S. The van der Waals surface area contributed by atoms with Gasteiger partial charge in [0.15, 0.2) is 10.9 Å². The zero-order valence-corrected chi connectivity index (χ0v) is 17.5. The van der Waals surface area contributed by atoms with Crippen molar-refractivity contribution in [2.75, 3.05) is 18.1 Å². The molecule has 1 unspecified atom stereocenters. The van der Waals surface area contributed by atoms with E-state index in [1.807, 2.05) is 18.4 Å². The lowest BCUT2D eigenvalue weighted by Gasteiger charge is -2.22. The van der Waals surface area contributed by atoms with Gasteiger partial charge in [-0.3, -0.25) is 9.69 Å². The minimum atomic E-state index is -0.230. The average Bonchev–Trinajstić information content (AvgIpc) is 3.41. The van der Waals surface area contributed by atoms with Crippen molar-refractivity contribution in [2.45, 2.75) is 25.9 Å². The number of rotatable bonds is 5. The lowest BCUT2D eigenvalue weighted by atomic mass is 10.2. The summed E-state index contributed by atoms with van der Waals surface area (Å²) in [5, 5.41) is 3.54. The summed E-state index contributed by atoms with van der Waals surface area (Å²) in [7, 11) is 0. The first kappa shape index (κ1) is 19.5. The number of hydrogen-bond acceptors (Lipinski definition) is 5. The molecule has 1 fully saturated rings. The van der Waals surface area contributed by atoms with Gasteiger partial charge < -0.3 is 9.15 Å². The maximum Gasteiger partial charge on any atom is 0.295 e. The molecule has 4 rings (SSSR count). The van der Waals surface area contributed by atoms with Crippen LogP contribution < -0.4 is 4.90 Å². The quantitative estimate of drug-likeness (QED) is 0.503. The fourth-order valence-electron chi connectivity index (χ4n) is 3.13. The monoisotopic (exact) mass is 436 g/mol. The number of carbonyl (C=O) groups is 1. The van der Waals surface area contributed by atoms with Crippen molar-refractivity contribution in [3.8, 4) is 11.3 Å². The SMILES string of the molecule is Cc1ccc(C(=O)N(CC2CCCO2)c2nc(-c3ccc(Cl)cc3Cl)cs2)o1. The van der Waals surface area contributed by atoms with Gasteiger partial charge in [-0.1, -0.05) is 23.2 Å². The predicted octanol–water partition coefficient (Wildman–Crippen LogP) is 5.84. The highest BCUT2D eigenvalue weighted by atomic mass is 35.5. The summed E-state index contributed by atoms with van der Waals surface area (Å²) >= 11 is 13.7. The molecule has 2 aromatic heterocycles. The molecule has 8 heteroatoms. The number of amides is 1. The second kappa shape index (κ2) is 8.25. The van der Waals surface area contributed by atoms with Crippen LogP contribution in [-0.4, -0.2) is 30.1 Å². The highest BCUT2D eigenvalue weighted by Crippen LogP contribution is 2.34. The van der Waals surface area contributed by atoms with Crippen LogP contribution >= 0.6 is 34.5 Å². The fraction of sp³-hybridized carbons (Fsp3) is 0.300. The van der Waals surface area contributed by atoms with Crippen molar-refractivity contribution in [1.82, 2.24) is 4.98 Å². The van der Waals surface area contributed by atoms with Gasteiger partial charge in [-0.15, -0.1) is 11.3 Å². The second-order valence-corrected chi connectivity index (χ2v) is 8.28. The number of aromatic nitrogens is 1. The third kappa shape index (κ3) is 4.10. The molecule has 0 radical (unpaired) electrons. The number of carbonyl (C=O) groups excluding carboxylic acids is 1. The molecule has 1 aliphatic rings. The van der Waals surface area contributed by atoms with Gasteiger partial charge in [-0.2, -0.15) is 0 Å². The number of anilines is 1. The number of thiazole rings is 1. The fourth-order valence-corrected chi connectivity index (χ4v) is 4.47. The van der Waals surface area contributed by atoms with Crippen molar-refractivity contribution in [1.29, 1.82) is 0 Å². The number of hydrogen-bond donors (Lipinski definition) is 0. The molecule has 1 aromatic carbocycles. The molecule has 3 heterocycles. The zero-order chi connectivity index (χ0) is 19.7. The minimum Gasteiger partial charge on any atom is -0.456 e. The molecule has 0 aliphatic carbocycles. The Hall–Kier alpha value is -1.86. The van der Waals surface area contributed by atoms with Gasteiger partial charge >= 0.3 is 0 Å². The number of ether oxygens (including phenoxy) is 1. The van der Waals surface area contributed by atoms with Gasteiger partial charge in [0.2, 0.25) is 0 Å². The van der Waals surface area contributed by atoms with E-state index >= 15 is 0 Å². The number of halogens is 2. The summed E-state index contributed by atoms with van der Waals surface area (Å²) in [5.41, 5.74) is 1.47. The smallest absolute Gasteiger partial charge is 0.295 e. The molecule has 1 saturated heterocycles. The Balaban J connectivity index is 1.66. The van der Waals surface area contributed by atoms with E-state index in [9.17, 15) is 4.79 Å². The Labute approximate surface area is 176 Å². The molecule has 0 N–H and O–H groups in total. The van der Waals surface area contributed by atoms with E-state index in [0.29, 0.717) is 33.2 Å². The topological polar surface area (TPSA) is 55.6 Å². The van der Waals surface area contributed by atoms with Crippen LogP contribution in [0.3, 0.4) is 0 Å². The molecule has 146 valence electrons.